The largest absolute Gasteiger partial charge is 0.491 e. The van der Waals surface area contributed by atoms with Crippen LogP contribution in [0.4, 0.5) is 20.3 Å². The normalized spacial score (nSPS) is 16.4. The number of hydrogen-bond donors (Lipinski definition) is 2. The summed E-state index contributed by atoms with van der Waals surface area (Å²) in [4.78, 5) is 6.12. The fourth-order valence-corrected chi connectivity index (χ4v) is 3.06. The number of nitrogen functional groups attached to an aromatic ring is 1. The first-order valence-corrected chi connectivity index (χ1v) is 8.99. The van der Waals surface area contributed by atoms with Crippen molar-refractivity contribution in [3.05, 3.63) is 47.7 Å². The fourth-order valence-electron chi connectivity index (χ4n) is 3.06. The quantitative estimate of drug-likeness (QED) is 0.610. The van der Waals surface area contributed by atoms with Crippen LogP contribution in [0.3, 0.4) is 0 Å². The summed E-state index contributed by atoms with van der Waals surface area (Å²) in [5.41, 5.74) is 7.98. The Morgan fingerprint density at radius 1 is 1.22 bits per heavy atom. The van der Waals surface area contributed by atoms with E-state index in [0.29, 0.717) is 28.4 Å². The van der Waals surface area contributed by atoms with E-state index in [1.54, 1.807) is 36.5 Å². The highest BCUT2D eigenvalue weighted by Crippen LogP contribution is 2.30. The van der Waals surface area contributed by atoms with Crippen molar-refractivity contribution in [2.75, 3.05) is 23.7 Å². The predicted octanol–water partition coefficient (Wildman–Crippen LogP) is 4.10. The van der Waals surface area contributed by atoms with Crippen LogP contribution in [0.25, 0.3) is 0 Å². The number of rotatable bonds is 5. The molecule has 1 aliphatic rings. The monoisotopic (exact) mass is 374 g/mol. The topological polar surface area (TPSA) is 75.2 Å². The van der Waals surface area contributed by atoms with Crippen molar-refractivity contribution in [1.82, 2.24) is 4.98 Å². The number of nitrogens with one attached hydrogen (secondary N) is 1. The Morgan fingerprint density at radius 2 is 1.93 bits per heavy atom. The third-order valence-electron chi connectivity index (χ3n) is 4.52. The van der Waals surface area contributed by atoms with Gasteiger partial charge in [0.1, 0.15) is 11.6 Å². The maximum Gasteiger partial charge on any atom is 0.251 e. The molecule has 144 valence electrons. The van der Waals surface area contributed by atoms with E-state index in [2.05, 4.69) is 4.98 Å². The zero-order valence-corrected chi connectivity index (χ0v) is 15.5. The predicted molar refractivity (Wildman–Crippen MR) is 103 cm³/mol. The van der Waals surface area contributed by atoms with Gasteiger partial charge < -0.3 is 15.4 Å². The van der Waals surface area contributed by atoms with Crippen molar-refractivity contribution in [3.63, 3.8) is 0 Å². The molecular formula is C20H24F2N4O. The van der Waals surface area contributed by atoms with Crippen molar-refractivity contribution >= 4 is 17.2 Å². The van der Waals surface area contributed by atoms with Gasteiger partial charge in [-0.1, -0.05) is 0 Å². The first kappa shape index (κ1) is 19.1. The van der Waals surface area contributed by atoms with Crippen LogP contribution < -0.4 is 15.4 Å². The number of piperidine rings is 1. The zero-order valence-electron chi connectivity index (χ0n) is 15.5. The van der Waals surface area contributed by atoms with E-state index < -0.39 is 5.92 Å². The zero-order chi connectivity index (χ0) is 19.6. The van der Waals surface area contributed by atoms with Crippen molar-refractivity contribution < 1.29 is 13.5 Å². The van der Waals surface area contributed by atoms with Crippen LogP contribution in [0.15, 0.2) is 36.5 Å². The van der Waals surface area contributed by atoms with Crippen LogP contribution in [-0.2, 0) is 0 Å². The molecule has 0 unspecified atom stereocenters. The van der Waals surface area contributed by atoms with Gasteiger partial charge in [-0.25, -0.2) is 13.8 Å². The smallest absolute Gasteiger partial charge is 0.251 e. The van der Waals surface area contributed by atoms with Gasteiger partial charge in [-0.05, 0) is 44.2 Å². The summed E-state index contributed by atoms with van der Waals surface area (Å²) in [6, 6.07) is 8.72. The number of halogens is 2. The number of ether oxygens (including phenoxy) is 1. The van der Waals surface area contributed by atoms with Crippen molar-refractivity contribution in [1.29, 1.82) is 5.41 Å². The minimum atomic E-state index is -2.61. The molecule has 1 aromatic heterocycles. The average Bonchev–Trinajstić information content (AvgIpc) is 2.62. The van der Waals surface area contributed by atoms with E-state index in [9.17, 15) is 8.78 Å². The summed E-state index contributed by atoms with van der Waals surface area (Å²) in [7, 11) is 0. The summed E-state index contributed by atoms with van der Waals surface area (Å²) < 4.78 is 32.5. The Kier molecular flexibility index (Phi) is 5.30. The molecule has 3 N–H and O–H groups in total. The molecular weight excluding hydrogens is 350 g/mol. The number of nitrogens with two attached hydrogens (primary N) is 1. The maximum absolute atomic E-state index is 13.4. The second-order valence-corrected chi connectivity index (χ2v) is 7.04. The van der Waals surface area contributed by atoms with Gasteiger partial charge >= 0.3 is 0 Å². The lowest BCUT2D eigenvalue weighted by molar-refractivity contribution is -0.0221. The Labute approximate surface area is 157 Å². The second kappa shape index (κ2) is 7.50. The molecule has 1 aliphatic heterocycles. The van der Waals surface area contributed by atoms with Crippen molar-refractivity contribution in [2.24, 2.45) is 0 Å². The Hall–Kier alpha value is -2.70. The third-order valence-corrected chi connectivity index (χ3v) is 4.52. The molecule has 2 heterocycles. The Balaban J connectivity index is 1.84. The molecule has 0 spiro atoms. The number of alkyl halides is 2. The number of nitrogens with zero attached hydrogens (tertiary/aromatic N) is 2. The van der Waals surface area contributed by atoms with E-state index in [1.807, 2.05) is 18.7 Å². The van der Waals surface area contributed by atoms with Crippen molar-refractivity contribution in [2.45, 2.75) is 38.7 Å². The van der Waals surface area contributed by atoms with Gasteiger partial charge in [0.2, 0.25) is 0 Å². The van der Waals surface area contributed by atoms with E-state index in [0.717, 1.165) is 0 Å². The molecule has 3 rings (SSSR count). The number of hydrogen-bond acceptors (Lipinski definition) is 5. The molecule has 0 atom stereocenters. The number of anilines is 2. The molecule has 0 bridgehead atoms. The molecule has 0 amide bonds. The highest BCUT2D eigenvalue weighted by molar-refractivity contribution is 6.14. The van der Waals surface area contributed by atoms with Gasteiger partial charge in [-0.2, -0.15) is 0 Å². The molecule has 0 radical (unpaired) electrons. The Bertz CT molecular complexity index is 828. The summed E-state index contributed by atoms with van der Waals surface area (Å²) in [6.07, 6.45) is 1.24. The van der Waals surface area contributed by atoms with Crippen LogP contribution in [0, 0.1) is 5.41 Å². The number of aromatic nitrogens is 1. The van der Waals surface area contributed by atoms with Gasteiger partial charge in [-0.3, -0.25) is 5.41 Å². The molecule has 1 saturated heterocycles. The first-order valence-electron chi connectivity index (χ1n) is 8.99. The van der Waals surface area contributed by atoms with E-state index in [1.165, 1.54) is 0 Å². The molecule has 27 heavy (non-hydrogen) atoms. The Morgan fingerprint density at radius 3 is 2.59 bits per heavy atom. The number of benzene rings is 1. The molecule has 5 nitrogen and oxygen atoms in total. The van der Waals surface area contributed by atoms with Crippen molar-refractivity contribution in [3.8, 4) is 5.75 Å². The average molecular weight is 374 g/mol. The minimum absolute atomic E-state index is 0.0143. The van der Waals surface area contributed by atoms with Gasteiger partial charge in [0.25, 0.3) is 5.92 Å². The van der Waals surface area contributed by atoms with Crippen LogP contribution in [0.1, 0.15) is 37.8 Å². The van der Waals surface area contributed by atoms with Gasteiger partial charge in [0.05, 0.1) is 11.8 Å². The lowest BCUT2D eigenvalue weighted by atomic mass is 10.0. The van der Waals surface area contributed by atoms with Crippen LogP contribution in [0.5, 0.6) is 5.75 Å². The molecule has 7 heteroatoms. The van der Waals surface area contributed by atoms with Gasteiger partial charge in [0, 0.05) is 48.9 Å². The lowest BCUT2D eigenvalue weighted by Crippen LogP contribution is -2.39. The van der Waals surface area contributed by atoms with Crippen LogP contribution in [0.2, 0.25) is 0 Å². The van der Waals surface area contributed by atoms with E-state index in [4.69, 9.17) is 15.9 Å². The lowest BCUT2D eigenvalue weighted by Gasteiger charge is -2.32. The highest BCUT2D eigenvalue weighted by Gasteiger charge is 2.34. The molecule has 1 fully saturated rings. The minimum Gasteiger partial charge on any atom is -0.491 e. The summed E-state index contributed by atoms with van der Waals surface area (Å²) in [5.74, 6) is -1.36. The molecule has 0 aliphatic carbocycles. The highest BCUT2D eigenvalue weighted by atomic mass is 19.3. The molecule has 1 aromatic carbocycles. The van der Waals surface area contributed by atoms with E-state index in [-0.39, 0.29) is 37.7 Å². The first-order chi connectivity index (χ1) is 12.7. The van der Waals surface area contributed by atoms with Gasteiger partial charge in [-0.15, -0.1) is 0 Å². The van der Waals surface area contributed by atoms with Gasteiger partial charge in [0.15, 0.2) is 0 Å². The van der Waals surface area contributed by atoms with Crippen LogP contribution in [-0.4, -0.2) is 35.8 Å². The number of pyridine rings is 1. The second-order valence-electron chi connectivity index (χ2n) is 7.04. The summed E-state index contributed by atoms with van der Waals surface area (Å²) in [6.45, 7) is 4.35. The molecule has 2 aromatic rings. The third kappa shape index (κ3) is 4.53. The van der Waals surface area contributed by atoms with Crippen LogP contribution >= 0.6 is 0 Å². The van der Waals surface area contributed by atoms with E-state index >= 15 is 0 Å². The molecule has 0 saturated carbocycles. The SMILES string of the molecule is CC(C)Oc1ccc(N)c(C(=N)c2ccnc(N3CCC(F)(F)CC3)c2)c1. The summed E-state index contributed by atoms with van der Waals surface area (Å²) >= 11 is 0. The standard InChI is InChI=1S/C20H24F2N4O/c1-13(2)27-15-3-4-17(23)16(12-15)19(24)14-5-8-25-18(11-14)26-9-6-20(21,22)7-10-26/h3-5,8,11-13,24H,6-7,9-10,23H2,1-2H3. The summed E-state index contributed by atoms with van der Waals surface area (Å²) in [5, 5.41) is 8.56. The maximum atomic E-state index is 13.4. The fraction of sp³-hybridized carbons (Fsp3) is 0.400.